The number of anilines is 1. The number of methoxy groups -OCH3 is 1. The first-order valence-electron chi connectivity index (χ1n) is 8.41. The maximum Gasteiger partial charge on any atom is 0.255 e. The molecule has 26 heavy (non-hydrogen) atoms. The van der Waals surface area contributed by atoms with Crippen LogP contribution in [0.2, 0.25) is 0 Å². The molecule has 2 atom stereocenters. The number of thioether (sulfide) groups is 1. The van der Waals surface area contributed by atoms with Crippen molar-refractivity contribution in [2.75, 3.05) is 31.6 Å². The van der Waals surface area contributed by atoms with Crippen molar-refractivity contribution in [1.29, 1.82) is 0 Å². The molecule has 0 aliphatic carbocycles. The van der Waals surface area contributed by atoms with E-state index >= 15 is 0 Å². The molecule has 1 aromatic carbocycles. The number of hydrogen-bond donors (Lipinski definition) is 1. The average molecular weight is 373 g/mol. The van der Waals surface area contributed by atoms with E-state index in [1.54, 1.807) is 18.7 Å². The van der Waals surface area contributed by atoms with Crippen LogP contribution in [0.25, 0.3) is 0 Å². The van der Waals surface area contributed by atoms with E-state index in [0.29, 0.717) is 24.2 Å². The van der Waals surface area contributed by atoms with Gasteiger partial charge < -0.3 is 15.4 Å². The summed E-state index contributed by atoms with van der Waals surface area (Å²) in [6.07, 6.45) is 0. The third-order valence-corrected chi connectivity index (χ3v) is 6.39. The van der Waals surface area contributed by atoms with Gasteiger partial charge in [0.25, 0.3) is 5.88 Å². The van der Waals surface area contributed by atoms with Gasteiger partial charge in [0.2, 0.25) is 11.8 Å². The minimum Gasteiger partial charge on any atom is -0.479 e. The summed E-state index contributed by atoms with van der Waals surface area (Å²) in [6, 6.07) is 10.3. The maximum atomic E-state index is 14.0. The van der Waals surface area contributed by atoms with Crippen LogP contribution in [0, 0.1) is 18.7 Å². The fourth-order valence-corrected chi connectivity index (χ4v) is 4.99. The van der Waals surface area contributed by atoms with Gasteiger partial charge in [0, 0.05) is 25.6 Å². The summed E-state index contributed by atoms with van der Waals surface area (Å²) in [6.45, 7) is 3.68. The van der Waals surface area contributed by atoms with E-state index in [4.69, 9.17) is 10.5 Å². The van der Waals surface area contributed by atoms with Crippen LogP contribution in [-0.4, -0.2) is 41.9 Å². The number of nitrogens with zero attached hydrogens (tertiary/aromatic N) is 4. The van der Waals surface area contributed by atoms with Gasteiger partial charge in [-0.2, -0.15) is 9.37 Å². The number of hydrogen-bond acceptors (Lipinski definition) is 7. The number of rotatable bonds is 3. The Bertz CT molecular complexity index is 862. The van der Waals surface area contributed by atoms with Crippen molar-refractivity contribution in [3.63, 3.8) is 0 Å². The lowest BCUT2D eigenvalue weighted by Gasteiger charge is -2.36. The minimum atomic E-state index is -0.521. The van der Waals surface area contributed by atoms with Crippen LogP contribution in [0.4, 0.5) is 10.3 Å². The molecule has 0 amide bonds. The molecule has 3 heterocycles. The first-order chi connectivity index (χ1) is 12.5. The van der Waals surface area contributed by atoms with E-state index in [-0.39, 0.29) is 22.2 Å². The first-order valence-corrected chi connectivity index (χ1v) is 9.22. The molecule has 2 aromatic rings. The van der Waals surface area contributed by atoms with Gasteiger partial charge >= 0.3 is 0 Å². The third-order valence-electron chi connectivity index (χ3n) is 4.99. The number of halogens is 1. The van der Waals surface area contributed by atoms with E-state index in [0.717, 1.165) is 6.54 Å². The van der Waals surface area contributed by atoms with Crippen molar-refractivity contribution < 1.29 is 9.13 Å². The largest absolute Gasteiger partial charge is 0.479 e. The number of ether oxygens (including phenoxy) is 1. The maximum absolute atomic E-state index is 14.0. The number of aliphatic imine (C=N–C) groups is 1. The zero-order valence-corrected chi connectivity index (χ0v) is 15.5. The molecule has 1 fully saturated rings. The average Bonchev–Trinajstić information content (AvgIpc) is 3.04. The molecule has 0 radical (unpaired) electrons. The topological polar surface area (TPSA) is 76.6 Å². The van der Waals surface area contributed by atoms with Gasteiger partial charge in [-0.05, 0) is 12.5 Å². The molecule has 0 bridgehead atoms. The Kier molecular flexibility index (Phi) is 4.22. The number of amidine groups is 1. The molecule has 136 valence electrons. The highest BCUT2D eigenvalue weighted by atomic mass is 32.2. The molecule has 6 nitrogen and oxygen atoms in total. The predicted octanol–water partition coefficient (Wildman–Crippen LogP) is 2.33. The molecule has 8 heteroatoms. The van der Waals surface area contributed by atoms with Crippen molar-refractivity contribution in [1.82, 2.24) is 9.97 Å². The molecule has 2 aliphatic rings. The van der Waals surface area contributed by atoms with E-state index in [1.807, 2.05) is 18.2 Å². The Morgan fingerprint density at radius 1 is 1.31 bits per heavy atom. The first kappa shape index (κ1) is 17.1. The highest BCUT2D eigenvalue weighted by molar-refractivity contribution is 8.14. The van der Waals surface area contributed by atoms with E-state index < -0.39 is 5.82 Å². The molecule has 0 saturated carbocycles. The summed E-state index contributed by atoms with van der Waals surface area (Å²) >= 11 is 1.60. The van der Waals surface area contributed by atoms with Crippen molar-refractivity contribution in [3.05, 3.63) is 47.4 Å². The monoisotopic (exact) mass is 373 g/mol. The number of benzene rings is 1. The molecular formula is C18H20FN5OS. The van der Waals surface area contributed by atoms with Crippen LogP contribution in [0.15, 0.2) is 35.3 Å². The summed E-state index contributed by atoms with van der Waals surface area (Å²) in [4.78, 5) is 15.1. The fraction of sp³-hybridized carbons (Fsp3) is 0.389. The normalized spacial score (nSPS) is 25.0. The van der Waals surface area contributed by atoms with Crippen LogP contribution in [-0.2, 0) is 4.75 Å². The fourth-order valence-electron chi connectivity index (χ4n) is 3.68. The lowest BCUT2D eigenvalue weighted by molar-refractivity contribution is 0.365. The zero-order chi connectivity index (χ0) is 18.3. The molecule has 0 unspecified atom stereocenters. The van der Waals surface area contributed by atoms with Gasteiger partial charge in [-0.15, -0.1) is 0 Å². The number of aromatic nitrogens is 2. The smallest absolute Gasteiger partial charge is 0.255 e. The molecule has 0 spiro atoms. The standard InChI is InChI=1S/C18H20FN5OS/c1-11-14(19)15(25-2)23-17(22-11)24-9-13-8-21-16(20)26-18(13,10-24)12-6-4-3-5-7-12/h3-7,13H,8-10H2,1-2H3,(H2,20,21)/t13-,18+/m0/s1. The zero-order valence-electron chi connectivity index (χ0n) is 14.6. The van der Waals surface area contributed by atoms with Gasteiger partial charge in [0.15, 0.2) is 5.17 Å². The second-order valence-corrected chi connectivity index (χ2v) is 7.90. The van der Waals surface area contributed by atoms with Crippen LogP contribution < -0.4 is 15.4 Å². The Morgan fingerprint density at radius 3 is 2.81 bits per heavy atom. The summed E-state index contributed by atoms with van der Waals surface area (Å²) in [5.41, 5.74) is 7.57. The second kappa shape index (κ2) is 6.42. The van der Waals surface area contributed by atoms with Gasteiger partial charge in [-0.25, -0.2) is 4.98 Å². The highest BCUT2D eigenvalue weighted by Gasteiger charge is 2.51. The van der Waals surface area contributed by atoms with E-state index in [1.165, 1.54) is 12.7 Å². The quantitative estimate of drug-likeness (QED) is 0.890. The molecule has 1 saturated heterocycles. The van der Waals surface area contributed by atoms with E-state index in [2.05, 4.69) is 32.0 Å². The van der Waals surface area contributed by atoms with Gasteiger partial charge in [0.1, 0.15) is 0 Å². The van der Waals surface area contributed by atoms with Crippen LogP contribution in [0.5, 0.6) is 5.88 Å². The molecule has 1 aromatic heterocycles. The predicted molar refractivity (Wildman–Crippen MR) is 101 cm³/mol. The lowest BCUT2D eigenvalue weighted by atomic mass is 9.87. The summed E-state index contributed by atoms with van der Waals surface area (Å²) in [5, 5.41) is 0.598. The molecular weight excluding hydrogens is 353 g/mol. The van der Waals surface area contributed by atoms with Gasteiger partial charge in [-0.3, -0.25) is 4.99 Å². The number of nitrogens with two attached hydrogens (primary N) is 1. The van der Waals surface area contributed by atoms with Gasteiger partial charge in [-0.1, -0.05) is 42.1 Å². The Hall–Kier alpha value is -2.35. The van der Waals surface area contributed by atoms with Crippen molar-refractivity contribution in [3.8, 4) is 5.88 Å². The summed E-state index contributed by atoms with van der Waals surface area (Å²) in [5.74, 6) is 0.193. The van der Waals surface area contributed by atoms with E-state index in [9.17, 15) is 4.39 Å². The molecule has 2 aliphatic heterocycles. The number of aryl methyl sites for hydroxylation is 1. The lowest BCUT2D eigenvalue weighted by Crippen LogP contribution is -2.39. The molecule has 4 rings (SSSR count). The summed E-state index contributed by atoms with van der Waals surface area (Å²) in [7, 11) is 1.41. The van der Waals surface area contributed by atoms with Crippen LogP contribution >= 0.6 is 11.8 Å². The Morgan fingerprint density at radius 2 is 2.08 bits per heavy atom. The van der Waals surface area contributed by atoms with Crippen LogP contribution in [0.3, 0.4) is 0 Å². The minimum absolute atomic E-state index is 0.0282. The summed E-state index contributed by atoms with van der Waals surface area (Å²) < 4.78 is 18.9. The van der Waals surface area contributed by atoms with Crippen molar-refractivity contribution >= 4 is 22.9 Å². The van der Waals surface area contributed by atoms with Crippen LogP contribution in [0.1, 0.15) is 11.3 Å². The SMILES string of the molecule is COc1nc(N2C[C@@H]3CN=C(N)S[C@@]3(c3ccccc3)C2)nc(C)c1F. The Balaban J connectivity index is 1.74. The third kappa shape index (κ3) is 2.68. The van der Waals surface area contributed by atoms with Crippen molar-refractivity contribution in [2.45, 2.75) is 11.7 Å². The van der Waals surface area contributed by atoms with Crippen molar-refractivity contribution in [2.24, 2.45) is 16.6 Å². The molecule has 2 N–H and O–H groups in total. The van der Waals surface area contributed by atoms with Gasteiger partial charge in [0.05, 0.1) is 17.6 Å². The number of fused-ring (bicyclic) bond motifs is 1. The highest BCUT2D eigenvalue weighted by Crippen LogP contribution is 2.50. The second-order valence-electron chi connectivity index (χ2n) is 6.55. The Labute approximate surface area is 155 Å².